The van der Waals surface area contributed by atoms with Gasteiger partial charge in [-0.15, -0.1) is 0 Å². The van der Waals surface area contributed by atoms with Crippen LogP contribution in [0.25, 0.3) is 0 Å². The molecule has 2 aromatic carbocycles. The molecule has 0 heterocycles. The van der Waals surface area contributed by atoms with Gasteiger partial charge in [-0.2, -0.15) is 0 Å². The second kappa shape index (κ2) is 11.4. The van der Waals surface area contributed by atoms with Gasteiger partial charge in [-0.3, -0.25) is 0 Å². The monoisotopic (exact) mass is 428 g/mol. The normalized spacial score (nSPS) is 19.7. The van der Waals surface area contributed by atoms with Crippen LogP contribution in [0.15, 0.2) is 42.5 Å². The summed E-state index contributed by atoms with van der Waals surface area (Å²) >= 11 is 0. The summed E-state index contributed by atoms with van der Waals surface area (Å²) in [6.45, 7) is 4.61. The largest absolute Gasteiger partial charge is 0.423 e. The van der Waals surface area contributed by atoms with E-state index in [2.05, 4.69) is 13.8 Å². The fourth-order valence-corrected chi connectivity index (χ4v) is 4.75. The maximum absolute atomic E-state index is 13.3. The third kappa shape index (κ3) is 6.88. The number of rotatable bonds is 9. The number of carbonyl (C=O) groups is 1. The molecule has 0 aromatic heterocycles. The van der Waals surface area contributed by atoms with Crippen LogP contribution in [0.2, 0.25) is 0 Å². The first-order chi connectivity index (χ1) is 15.0. The van der Waals surface area contributed by atoms with Crippen molar-refractivity contribution in [1.82, 2.24) is 0 Å². The van der Waals surface area contributed by atoms with Crippen LogP contribution in [0.1, 0.15) is 81.1 Å². The first-order valence-corrected chi connectivity index (χ1v) is 11.7. The molecule has 1 unspecified atom stereocenters. The lowest BCUT2D eigenvalue weighted by Crippen LogP contribution is -2.21. The Bertz CT molecular complexity index is 839. The van der Waals surface area contributed by atoms with Gasteiger partial charge in [0.25, 0.3) is 0 Å². The minimum atomic E-state index is -1.04. The number of benzene rings is 2. The zero-order chi connectivity index (χ0) is 22.2. The van der Waals surface area contributed by atoms with Crippen LogP contribution in [0.5, 0.6) is 5.75 Å². The molecule has 168 valence electrons. The second-order valence-electron chi connectivity index (χ2n) is 9.12. The predicted molar refractivity (Wildman–Crippen MR) is 120 cm³/mol. The lowest BCUT2D eigenvalue weighted by atomic mass is 9.73. The Kier molecular flexibility index (Phi) is 8.62. The van der Waals surface area contributed by atoms with Crippen molar-refractivity contribution in [3.63, 3.8) is 0 Å². The molecule has 4 heteroatoms. The number of ether oxygens (including phenoxy) is 1. The van der Waals surface area contributed by atoms with Gasteiger partial charge >= 0.3 is 5.97 Å². The standard InChI is InChI=1S/C27H34F2O2/c1-3-4-5-6-20-7-11-22(12-8-20)19(2)17-21-9-13-23(14-10-21)27(30)31-24-15-16-25(28)26(29)18-24/h9-10,13-16,18-20,22H,3-8,11-12,17H2,1-2H3. The Morgan fingerprint density at radius 2 is 1.71 bits per heavy atom. The van der Waals surface area contributed by atoms with Crippen LogP contribution < -0.4 is 4.74 Å². The summed E-state index contributed by atoms with van der Waals surface area (Å²) in [6.07, 6.45) is 11.8. The summed E-state index contributed by atoms with van der Waals surface area (Å²) in [5.74, 6) is -0.265. The van der Waals surface area contributed by atoms with E-state index in [1.807, 2.05) is 12.1 Å². The molecule has 1 aliphatic rings. The van der Waals surface area contributed by atoms with Crippen LogP contribution in [0.4, 0.5) is 8.78 Å². The highest BCUT2D eigenvalue weighted by molar-refractivity contribution is 5.91. The molecule has 2 aromatic rings. The molecule has 3 rings (SSSR count). The van der Waals surface area contributed by atoms with E-state index in [1.165, 1.54) is 63.0 Å². The fraction of sp³-hybridized carbons (Fsp3) is 0.519. The minimum Gasteiger partial charge on any atom is -0.423 e. The zero-order valence-electron chi connectivity index (χ0n) is 18.7. The lowest BCUT2D eigenvalue weighted by Gasteiger charge is -2.32. The number of hydrogen-bond acceptors (Lipinski definition) is 2. The lowest BCUT2D eigenvalue weighted by molar-refractivity contribution is 0.0734. The molecule has 0 bridgehead atoms. The van der Waals surface area contributed by atoms with E-state index in [0.29, 0.717) is 11.5 Å². The van der Waals surface area contributed by atoms with Crippen molar-refractivity contribution in [2.24, 2.45) is 17.8 Å². The molecule has 31 heavy (non-hydrogen) atoms. The van der Waals surface area contributed by atoms with E-state index in [4.69, 9.17) is 4.74 Å². The van der Waals surface area contributed by atoms with Crippen molar-refractivity contribution in [2.45, 2.75) is 71.6 Å². The van der Waals surface area contributed by atoms with Gasteiger partial charge in [-0.05, 0) is 66.8 Å². The summed E-state index contributed by atoms with van der Waals surface area (Å²) in [5.41, 5.74) is 1.61. The van der Waals surface area contributed by atoms with E-state index in [1.54, 1.807) is 12.1 Å². The predicted octanol–water partition coefficient (Wildman–Crippen LogP) is 7.75. The van der Waals surface area contributed by atoms with E-state index in [-0.39, 0.29) is 5.75 Å². The SMILES string of the molecule is CCCCCC1CCC(C(C)Cc2ccc(C(=O)Oc3ccc(F)c(F)c3)cc2)CC1. The molecule has 0 saturated heterocycles. The van der Waals surface area contributed by atoms with Gasteiger partial charge in [0, 0.05) is 6.07 Å². The Labute approximate surface area is 185 Å². The maximum atomic E-state index is 13.3. The summed E-state index contributed by atoms with van der Waals surface area (Å²) in [7, 11) is 0. The van der Waals surface area contributed by atoms with E-state index < -0.39 is 17.6 Å². The zero-order valence-corrected chi connectivity index (χ0v) is 18.7. The minimum absolute atomic E-state index is 0.00750. The first-order valence-electron chi connectivity index (χ1n) is 11.7. The highest BCUT2D eigenvalue weighted by atomic mass is 19.2. The maximum Gasteiger partial charge on any atom is 0.343 e. The van der Waals surface area contributed by atoms with Crippen molar-refractivity contribution in [2.75, 3.05) is 0 Å². The van der Waals surface area contributed by atoms with Crippen LogP contribution in [-0.4, -0.2) is 5.97 Å². The average molecular weight is 429 g/mol. The molecule has 1 atom stereocenters. The quantitative estimate of drug-likeness (QED) is 0.232. The Morgan fingerprint density at radius 3 is 2.35 bits per heavy atom. The Morgan fingerprint density at radius 1 is 1.00 bits per heavy atom. The van der Waals surface area contributed by atoms with Gasteiger partial charge in [-0.1, -0.05) is 64.5 Å². The van der Waals surface area contributed by atoms with Crippen molar-refractivity contribution >= 4 is 5.97 Å². The van der Waals surface area contributed by atoms with Crippen molar-refractivity contribution in [3.8, 4) is 5.75 Å². The molecule has 1 saturated carbocycles. The summed E-state index contributed by atoms with van der Waals surface area (Å²) in [4.78, 5) is 12.3. The molecule has 0 amide bonds. The van der Waals surface area contributed by atoms with Crippen LogP contribution in [0, 0.1) is 29.4 Å². The summed E-state index contributed by atoms with van der Waals surface area (Å²) < 4.78 is 31.4. The average Bonchev–Trinajstić information content (AvgIpc) is 2.77. The van der Waals surface area contributed by atoms with E-state index in [9.17, 15) is 13.6 Å². The molecule has 0 N–H and O–H groups in total. The summed E-state index contributed by atoms with van der Waals surface area (Å²) in [5, 5.41) is 0. The smallest absolute Gasteiger partial charge is 0.343 e. The van der Waals surface area contributed by atoms with Gasteiger partial charge in [0.1, 0.15) is 5.75 Å². The Balaban J connectivity index is 1.47. The second-order valence-corrected chi connectivity index (χ2v) is 9.12. The van der Waals surface area contributed by atoms with Crippen molar-refractivity contribution < 1.29 is 18.3 Å². The number of unbranched alkanes of at least 4 members (excludes halogenated alkanes) is 2. The third-order valence-electron chi connectivity index (χ3n) is 6.76. The Hall–Kier alpha value is -2.23. The molecule has 1 fully saturated rings. The van der Waals surface area contributed by atoms with Gasteiger partial charge < -0.3 is 4.74 Å². The molecule has 0 spiro atoms. The van der Waals surface area contributed by atoms with Gasteiger partial charge in [0.05, 0.1) is 5.56 Å². The number of halogens is 2. The molecule has 0 radical (unpaired) electrons. The van der Waals surface area contributed by atoms with E-state index in [0.717, 1.165) is 30.4 Å². The third-order valence-corrected chi connectivity index (χ3v) is 6.76. The topological polar surface area (TPSA) is 26.3 Å². The van der Waals surface area contributed by atoms with Crippen molar-refractivity contribution in [1.29, 1.82) is 0 Å². The highest BCUT2D eigenvalue weighted by Crippen LogP contribution is 2.36. The first kappa shape index (κ1) is 23.4. The number of esters is 1. The molecular formula is C27H34F2O2. The number of carbonyl (C=O) groups excluding carboxylic acids is 1. The molecule has 2 nitrogen and oxygen atoms in total. The molecule has 0 aliphatic heterocycles. The summed E-state index contributed by atoms with van der Waals surface area (Å²) in [6, 6.07) is 10.5. The van der Waals surface area contributed by atoms with Crippen molar-refractivity contribution in [3.05, 3.63) is 65.2 Å². The highest BCUT2D eigenvalue weighted by Gasteiger charge is 2.25. The van der Waals surface area contributed by atoms with Gasteiger partial charge in [-0.25, -0.2) is 13.6 Å². The van der Waals surface area contributed by atoms with Crippen LogP contribution in [-0.2, 0) is 6.42 Å². The van der Waals surface area contributed by atoms with Crippen LogP contribution >= 0.6 is 0 Å². The molecular weight excluding hydrogens is 394 g/mol. The van der Waals surface area contributed by atoms with E-state index >= 15 is 0 Å². The fourth-order valence-electron chi connectivity index (χ4n) is 4.75. The van der Waals surface area contributed by atoms with Gasteiger partial charge in [0.2, 0.25) is 0 Å². The number of hydrogen-bond donors (Lipinski definition) is 0. The van der Waals surface area contributed by atoms with Gasteiger partial charge in [0.15, 0.2) is 11.6 Å². The van der Waals surface area contributed by atoms with Crippen LogP contribution in [0.3, 0.4) is 0 Å². The molecule has 1 aliphatic carbocycles.